The predicted molar refractivity (Wildman–Crippen MR) is 26.3 cm³/mol. The summed E-state index contributed by atoms with van der Waals surface area (Å²) in [5.41, 5.74) is 1.08. The van der Waals surface area contributed by atoms with Gasteiger partial charge in [-0.2, -0.15) is 0 Å². The number of hydrogen-bond donors (Lipinski definition) is 0. The summed E-state index contributed by atoms with van der Waals surface area (Å²) in [5, 5.41) is 0. The molecule has 0 aromatic carbocycles. The third kappa shape index (κ3) is 0.490. The van der Waals surface area contributed by atoms with E-state index in [1.807, 2.05) is 0 Å². The van der Waals surface area contributed by atoms with Crippen LogP contribution in [0.4, 0.5) is 0 Å². The van der Waals surface area contributed by atoms with Gasteiger partial charge in [-0.3, -0.25) is 0 Å². The third-order valence-electron chi connectivity index (χ3n) is 1.13. The van der Waals surface area contributed by atoms with E-state index in [4.69, 9.17) is 4.89 Å². The Morgan fingerprint density at radius 2 is 2.71 bits per heavy atom. The first-order chi connectivity index (χ1) is 3.47. The average Bonchev–Trinajstić information content (AvgIpc) is 1.85. The lowest BCUT2D eigenvalue weighted by molar-refractivity contribution is -0.392. The highest BCUT2D eigenvalue weighted by atomic mass is 32.2. The van der Waals surface area contributed by atoms with Crippen molar-refractivity contribution in [1.29, 1.82) is 0 Å². The Bertz CT molecular complexity index is 75.8. The van der Waals surface area contributed by atoms with Gasteiger partial charge in [-0.15, -0.1) is 11.8 Å². The summed E-state index contributed by atoms with van der Waals surface area (Å²) >= 11 is 1.76. The normalized spacial score (nSPS) is 40.3. The first-order valence-electron chi connectivity index (χ1n) is 2.30. The highest BCUT2D eigenvalue weighted by molar-refractivity contribution is 8.02. The second-order valence-corrected chi connectivity index (χ2v) is 2.72. The number of thioether (sulfide) groups is 1. The van der Waals surface area contributed by atoms with Crippen LogP contribution in [0.2, 0.25) is 0 Å². The van der Waals surface area contributed by atoms with Crippen LogP contribution in [0.3, 0.4) is 0 Å². The van der Waals surface area contributed by atoms with Crippen molar-refractivity contribution in [3.8, 4) is 0 Å². The minimum atomic E-state index is 0.352. The van der Waals surface area contributed by atoms with E-state index in [1.165, 1.54) is 5.75 Å². The highest BCUT2D eigenvalue weighted by Gasteiger charge is 2.41. The molecule has 2 fully saturated rings. The Hall–Kier alpha value is 0.270. The van der Waals surface area contributed by atoms with Crippen molar-refractivity contribution in [3.05, 3.63) is 5.44 Å². The fourth-order valence-corrected chi connectivity index (χ4v) is 1.67. The second-order valence-electron chi connectivity index (χ2n) is 1.62. The fraction of sp³-hybridized carbons (Fsp3) is 0.750. The van der Waals surface area contributed by atoms with E-state index in [-0.39, 0.29) is 0 Å². The summed E-state index contributed by atoms with van der Waals surface area (Å²) in [6.07, 6.45) is 1.49. The molecular formula is C4H5O2S. The topological polar surface area (TPSA) is 18.5 Å². The highest BCUT2D eigenvalue weighted by Crippen LogP contribution is 2.43. The molecule has 2 saturated heterocycles. The first-order valence-corrected chi connectivity index (χ1v) is 3.28. The lowest BCUT2D eigenvalue weighted by Gasteiger charge is -2.25. The summed E-state index contributed by atoms with van der Waals surface area (Å²) in [7, 11) is 0. The van der Waals surface area contributed by atoms with E-state index in [0.29, 0.717) is 6.10 Å². The first kappa shape index (κ1) is 4.18. The summed E-state index contributed by atoms with van der Waals surface area (Å²) < 4.78 is 0. The molecule has 0 spiro atoms. The maximum atomic E-state index is 4.70. The number of rotatable bonds is 0. The zero-order chi connectivity index (χ0) is 4.69. The zero-order valence-corrected chi connectivity index (χ0v) is 4.53. The Labute approximate surface area is 46.1 Å². The van der Waals surface area contributed by atoms with Gasteiger partial charge in [-0.1, -0.05) is 0 Å². The molecule has 1 unspecified atom stereocenters. The lowest BCUT2D eigenvalue weighted by Crippen LogP contribution is -2.28. The van der Waals surface area contributed by atoms with E-state index in [1.54, 1.807) is 11.8 Å². The minimum absolute atomic E-state index is 0.352. The maximum Gasteiger partial charge on any atom is 0.222 e. The van der Waals surface area contributed by atoms with Gasteiger partial charge in [-0.25, -0.2) is 9.78 Å². The average molecular weight is 117 g/mol. The fourth-order valence-electron chi connectivity index (χ4n) is 0.705. The number of fused-ring (bicyclic) bond motifs is 1. The molecule has 2 aliphatic rings. The van der Waals surface area contributed by atoms with Crippen molar-refractivity contribution >= 4 is 11.8 Å². The van der Waals surface area contributed by atoms with Crippen LogP contribution in [-0.2, 0) is 9.78 Å². The Morgan fingerprint density at radius 1 is 1.71 bits per heavy atom. The molecule has 1 atom stereocenters. The molecule has 0 aromatic rings. The Kier molecular flexibility index (Phi) is 0.818. The van der Waals surface area contributed by atoms with Gasteiger partial charge in [-0.05, 0) is 12.2 Å². The van der Waals surface area contributed by atoms with Gasteiger partial charge in [0.15, 0.2) is 0 Å². The van der Waals surface area contributed by atoms with Crippen molar-refractivity contribution in [2.24, 2.45) is 0 Å². The largest absolute Gasteiger partial charge is 0.227 e. The molecule has 2 rings (SSSR count). The maximum absolute atomic E-state index is 4.70. The van der Waals surface area contributed by atoms with Crippen LogP contribution in [0.5, 0.6) is 0 Å². The molecule has 2 heterocycles. The summed E-state index contributed by atoms with van der Waals surface area (Å²) in [6, 6.07) is 0. The van der Waals surface area contributed by atoms with Crippen LogP contribution in [0.15, 0.2) is 0 Å². The van der Waals surface area contributed by atoms with E-state index < -0.39 is 0 Å². The molecule has 7 heavy (non-hydrogen) atoms. The molecule has 2 aliphatic heterocycles. The van der Waals surface area contributed by atoms with Crippen LogP contribution < -0.4 is 0 Å². The standard InChI is InChI=1S/C4H5O2S/c1-2-7-4-3(1)5-6-4/h3H,1-2H2. The monoisotopic (exact) mass is 117 g/mol. The van der Waals surface area contributed by atoms with E-state index in [0.717, 1.165) is 11.9 Å². The predicted octanol–water partition coefficient (Wildman–Crippen LogP) is 0.943. The van der Waals surface area contributed by atoms with Crippen LogP contribution in [0.25, 0.3) is 0 Å². The van der Waals surface area contributed by atoms with Crippen LogP contribution in [-0.4, -0.2) is 11.9 Å². The van der Waals surface area contributed by atoms with Crippen molar-refractivity contribution in [3.63, 3.8) is 0 Å². The van der Waals surface area contributed by atoms with Crippen LogP contribution in [0.1, 0.15) is 6.42 Å². The van der Waals surface area contributed by atoms with Crippen LogP contribution in [0, 0.1) is 5.44 Å². The van der Waals surface area contributed by atoms with E-state index in [2.05, 4.69) is 4.89 Å². The molecule has 1 radical (unpaired) electrons. The number of hydrogen-bond acceptors (Lipinski definition) is 3. The van der Waals surface area contributed by atoms with Crippen molar-refractivity contribution in [2.75, 3.05) is 5.75 Å². The molecule has 3 heteroatoms. The molecule has 0 aliphatic carbocycles. The second kappa shape index (κ2) is 1.37. The SMILES string of the molecule is C1CC2OO[C]2S1. The molecular weight excluding hydrogens is 112 g/mol. The smallest absolute Gasteiger partial charge is 0.222 e. The van der Waals surface area contributed by atoms with Gasteiger partial charge in [0, 0.05) is 0 Å². The van der Waals surface area contributed by atoms with Crippen molar-refractivity contribution in [2.45, 2.75) is 12.5 Å². The summed E-state index contributed by atoms with van der Waals surface area (Å²) in [6.45, 7) is 0. The Balaban J connectivity index is 2.03. The van der Waals surface area contributed by atoms with Gasteiger partial charge in [0.05, 0.1) is 0 Å². The summed E-state index contributed by atoms with van der Waals surface area (Å²) in [4.78, 5) is 9.33. The molecule has 0 bridgehead atoms. The van der Waals surface area contributed by atoms with Crippen molar-refractivity contribution < 1.29 is 9.78 Å². The molecule has 0 aromatic heterocycles. The van der Waals surface area contributed by atoms with Gasteiger partial charge in [0.25, 0.3) is 0 Å². The van der Waals surface area contributed by atoms with Crippen molar-refractivity contribution in [1.82, 2.24) is 0 Å². The molecule has 2 nitrogen and oxygen atoms in total. The third-order valence-corrected chi connectivity index (χ3v) is 2.19. The van der Waals surface area contributed by atoms with Gasteiger partial charge in [0.1, 0.15) is 6.10 Å². The Morgan fingerprint density at radius 3 is 3.00 bits per heavy atom. The molecule has 39 valence electrons. The molecule has 0 saturated carbocycles. The zero-order valence-electron chi connectivity index (χ0n) is 3.72. The van der Waals surface area contributed by atoms with Crippen LogP contribution >= 0.6 is 11.8 Å². The molecule has 0 N–H and O–H groups in total. The quantitative estimate of drug-likeness (QED) is 0.440. The van der Waals surface area contributed by atoms with E-state index in [9.17, 15) is 0 Å². The molecule has 0 amide bonds. The lowest BCUT2D eigenvalue weighted by atomic mass is 10.3. The minimum Gasteiger partial charge on any atom is -0.227 e. The van der Waals surface area contributed by atoms with E-state index >= 15 is 0 Å². The van der Waals surface area contributed by atoms with Gasteiger partial charge < -0.3 is 0 Å². The van der Waals surface area contributed by atoms with Gasteiger partial charge in [0.2, 0.25) is 5.44 Å². The van der Waals surface area contributed by atoms with Gasteiger partial charge >= 0.3 is 0 Å². The summed E-state index contributed by atoms with van der Waals surface area (Å²) in [5.74, 6) is 1.17.